The Hall–Kier alpha value is -1.76. The minimum absolute atomic E-state index is 0.0360. The van der Waals surface area contributed by atoms with Crippen LogP contribution in [0.1, 0.15) is 30.0 Å². The molecule has 1 atom stereocenters. The van der Waals surface area contributed by atoms with Gasteiger partial charge in [-0.3, -0.25) is 4.79 Å². The van der Waals surface area contributed by atoms with Gasteiger partial charge in [-0.15, -0.1) is 0 Å². The number of alkyl halides is 3. The van der Waals surface area contributed by atoms with Gasteiger partial charge in [-0.1, -0.05) is 6.07 Å². The molecule has 1 aromatic carbocycles. The third-order valence-corrected chi connectivity index (χ3v) is 2.43. The number of rotatable bonds is 4. The molecule has 0 radical (unpaired) electrons. The summed E-state index contributed by atoms with van der Waals surface area (Å²) < 4.78 is 37.0. The Bertz CT molecular complexity index is 446. The molecule has 0 saturated heterocycles. The van der Waals surface area contributed by atoms with E-state index >= 15 is 0 Å². The molecule has 0 fully saturated rings. The Balaban J connectivity index is 2.88. The maximum atomic E-state index is 12.3. The molecule has 1 unspecified atom stereocenters. The van der Waals surface area contributed by atoms with E-state index in [-0.39, 0.29) is 18.4 Å². The van der Waals surface area contributed by atoms with Crippen molar-refractivity contribution < 1.29 is 28.2 Å². The molecule has 7 heteroatoms. The maximum absolute atomic E-state index is 12.3. The number of aliphatic carboxylic acids is 1. The normalized spacial score (nSPS) is 13.3. The third-order valence-electron chi connectivity index (χ3n) is 2.43. The molecule has 0 spiro atoms. The smallest absolute Gasteiger partial charge is 0.416 e. The number of hydrogen-bond donors (Lipinski definition) is 3. The maximum Gasteiger partial charge on any atom is 0.416 e. The highest BCUT2D eigenvalue weighted by Crippen LogP contribution is 2.34. The lowest BCUT2D eigenvalue weighted by molar-refractivity contribution is -0.138. The molecule has 0 amide bonds. The van der Waals surface area contributed by atoms with E-state index in [1.54, 1.807) is 0 Å². The van der Waals surface area contributed by atoms with E-state index in [0.29, 0.717) is 6.07 Å². The summed E-state index contributed by atoms with van der Waals surface area (Å²) in [6.07, 6.45) is -4.73. The highest BCUT2D eigenvalue weighted by molar-refractivity contribution is 5.66. The molecule has 18 heavy (non-hydrogen) atoms. The monoisotopic (exact) mass is 263 g/mol. The van der Waals surface area contributed by atoms with E-state index in [1.807, 2.05) is 0 Å². The average molecular weight is 263 g/mol. The third kappa shape index (κ3) is 3.63. The van der Waals surface area contributed by atoms with E-state index in [9.17, 15) is 23.1 Å². The van der Waals surface area contributed by atoms with Crippen molar-refractivity contribution in [1.82, 2.24) is 0 Å². The zero-order valence-electron chi connectivity index (χ0n) is 9.24. The van der Waals surface area contributed by atoms with Crippen LogP contribution in [0.15, 0.2) is 18.2 Å². The molecule has 0 aliphatic heterocycles. The second kappa shape index (κ2) is 5.26. The first-order chi connectivity index (χ1) is 8.21. The lowest BCUT2D eigenvalue weighted by Gasteiger charge is -2.14. The summed E-state index contributed by atoms with van der Waals surface area (Å²) >= 11 is 0. The molecule has 1 rings (SSSR count). The zero-order valence-corrected chi connectivity index (χ0v) is 9.24. The van der Waals surface area contributed by atoms with Crippen molar-refractivity contribution in [2.45, 2.75) is 25.1 Å². The van der Waals surface area contributed by atoms with Crippen molar-refractivity contribution in [3.63, 3.8) is 0 Å². The number of carbonyl (C=O) groups is 1. The average Bonchev–Trinajstić information content (AvgIpc) is 2.24. The number of halogens is 3. The fraction of sp³-hybridized carbons (Fsp3) is 0.364. The van der Waals surface area contributed by atoms with Gasteiger partial charge in [0.05, 0.1) is 5.56 Å². The molecule has 0 saturated carbocycles. The van der Waals surface area contributed by atoms with Crippen LogP contribution < -0.4 is 5.73 Å². The topological polar surface area (TPSA) is 83.6 Å². The van der Waals surface area contributed by atoms with Gasteiger partial charge in [0.15, 0.2) is 0 Å². The van der Waals surface area contributed by atoms with Gasteiger partial charge < -0.3 is 15.9 Å². The first kappa shape index (κ1) is 14.3. The van der Waals surface area contributed by atoms with Crippen molar-refractivity contribution in [2.75, 3.05) is 0 Å². The standard InChI is InChI=1S/C11H12F3NO3/c12-11(13,14)6-1-2-7(9(16)5-6)8(15)3-4-10(17)18/h1-2,5,8,16H,3-4,15H2,(H,17,18). The van der Waals surface area contributed by atoms with Crippen LogP contribution in [0.4, 0.5) is 13.2 Å². The summed E-state index contributed by atoms with van der Waals surface area (Å²) in [5.74, 6) is -1.64. The summed E-state index contributed by atoms with van der Waals surface area (Å²) in [4.78, 5) is 10.3. The summed E-state index contributed by atoms with van der Waals surface area (Å²) in [6.45, 7) is 0. The van der Waals surface area contributed by atoms with Crippen LogP contribution in [-0.2, 0) is 11.0 Å². The fourth-order valence-electron chi connectivity index (χ4n) is 1.47. The highest BCUT2D eigenvalue weighted by atomic mass is 19.4. The van der Waals surface area contributed by atoms with E-state index in [1.165, 1.54) is 0 Å². The summed E-state index contributed by atoms with van der Waals surface area (Å²) in [5.41, 5.74) is 4.72. The molecule has 0 aliphatic rings. The van der Waals surface area contributed by atoms with Crippen LogP contribution in [0.2, 0.25) is 0 Å². The Morgan fingerprint density at radius 1 is 1.39 bits per heavy atom. The van der Waals surface area contributed by atoms with Crippen molar-refractivity contribution in [1.29, 1.82) is 0 Å². The summed E-state index contributed by atoms with van der Waals surface area (Å²) in [5, 5.41) is 17.9. The zero-order chi connectivity index (χ0) is 13.9. The first-order valence-corrected chi connectivity index (χ1v) is 5.09. The number of hydrogen-bond acceptors (Lipinski definition) is 3. The van der Waals surface area contributed by atoms with E-state index in [4.69, 9.17) is 10.8 Å². The number of nitrogens with two attached hydrogens (primary N) is 1. The van der Waals surface area contributed by atoms with Gasteiger partial charge in [-0.25, -0.2) is 0 Å². The van der Waals surface area contributed by atoms with E-state index in [0.717, 1.165) is 12.1 Å². The predicted molar refractivity (Wildman–Crippen MR) is 56.9 cm³/mol. The first-order valence-electron chi connectivity index (χ1n) is 5.09. The van der Waals surface area contributed by atoms with Crippen molar-refractivity contribution >= 4 is 5.97 Å². The van der Waals surface area contributed by atoms with Crippen LogP contribution in [0.5, 0.6) is 5.75 Å². The molecule has 100 valence electrons. The molecular weight excluding hydrogens is 251 g/mol. The molecule has 4 nitrogen and oxygen atoms in total. The van der Waals surface area contributed by atoms with E-state index < -0.39 is 29.5 Å². The van der Waals surface area contributed by atoms with Crippen LogP contribution in [0.3, 0.4) is 0 Å². The molecule has 0 heterocycles. The van der Waals surface area contributed by atoms with Crippen LogP contribution in [-0.4, -0.2) is 16.2 Å². The quantitative estimate of drug-likeness (QED) is 0.778. The lowest BCUT2D eigenvalue weighted by Crippen LogP contribution is -2.13. The van der Waals surface area contributed by atoms with Crippen molar-refractivity contribution in [3.05, 3.63) is 29.3 Å². The SMILES string of the molecule is NC(CCC(=O)O)c1ccc(C(F)(F)F)cc1O. The van der Waals surface area contributed by atoms with Gasteiger partial charge in [-0.2, -0.15) is 13.2 Å². The molecule has 0 aliphatic carbocycles. The van der Waals surface area contributed by atoms with Crippen LogP contribution in [0.25, 0.3) is 0 Å². The molecule has 4 N–H and O–H groups in total. The van der Waals surface area contributed by atoms with Crippen molar-refractivity contribution in [2.24, 2.45) is 5.73 Å². The largest absolute Gasteiger partial charge is 0.508 e. The summed E-state index contributed by atoms with van der Waals surface area (Å²) in [7, 11) is 0. The summed E-state index contributed by atoms with van der Waals surface area (Å²) in [6, 6.07) is 1.62. The minimum atomic E-state index is -4.54. The number of phenolic OH excluding ortho intramolecular Hbond substituents is 1. The Morgan fingerprint density at radius 3 is 2.44 bits per heavy atom. The predicted octanol–water partition coefficient (Wildman–Crippen LogP) is 2.28. The Kier molecular flexibility index (Phi) is 4.18. The van der Waals surface area contributed by atoms with Crippen molar-refractivity contribution in [3.8, 4) is 5.75 Å². The van der Waals surface area contributed by atoms with Gasteiger partial charge in [0.25, 0.3) is 0 Å². The number of phenols is 1. The minimum Gasteiger partial charge on any atom is -0.508 e. The number of aromatic hydroxyl groups is 1. The van der Waals surface area contributed by atoms with Gasteiger partial charge in [0.2, 0.25) is 0 Å². The molecular formula is C11H12F3NO3. The fourth-order valence-corrected chi connectivity index (χ4v) is 1.47. The molecule has 0 aromatic heterocycles. The number of carboxylic acids is 1. The van der Waals surface area contributed by atoms with Gasteiger partial charge in [-0.05, 0) is 18.6 Å². The second-order valence-electron chi connectivity index (χ2n) is 3.81. The molecule has 1 aromatic rings. The lowest BCUT2D eigenvalue weighted by atomic mass is 10.00. The second-order valence-corrected chi connectivity index (χ2v) is 3.81. The van der Waals surface area contributed by atoms with E-state index in [2.05, 4.69) is 0 Å². The number of benzene rings is 1. The van der Waals surface area contributed by atoms with Gasteiger partial charge >= 0.3 is 12.1 Å². The van der Waals surface area contributed by atoms with Crippen LogP contribution in [0, 0.1) is 0 Å². The molecule has 0 bridgehead atoms. The van der Waals surface area contributed by atoms with Gasteiger partial charge in [0, 0.05) is 18.0 Å². The van der Waals surface area contributed by atoms with Crippen LogP contribution >= 0.6 is 0 Å². The Morgan fingerprint density at radius 2 is 2.00 bits per heavy atom. The van der Waals surface area contributed by atoms with Gasteiger partial charge in [0.1, 0.15) is 5.75 Å². The number of carboxylic acid groups (broad SMARTS) is 1. The highest BCUT2D eigenvalue weighted by Gasteiger charge is 2.31. The Labute approximate surface area is 101 Å².